The second kappa shape index (κ2) is 5.48. The van der Waals surface area contributed by atoms with E-state index in [9.17, 15) is 14.7 Å². The molecule has 0 aliphatic carbocycles. The maximum atomic E-state index is 12.8. The number of benzene rings is 1. The zero-order valence-corrected chi connectivity index (χ0v) is 12.1. The molecule has 0 bridgehead atoms. The van der Waals surface area contributed by atoms with Gasteiger partial charge in [-0.15, -0.1) is 0 Å². The van der Waals surface area contributed by atoms with Crippen molar-refractivity contribution in [3.05, 3.63) is 34.9 Å². The molecule has 0 aromatic heterocycles. The second-order valence-corrected chi connectivity index (χ2v) is 5.84. The van der Waals surface area contributed by atoms with Gasteiger partial charge in [-0.1, -0.05) is 12.1 Å². The molecule has 3 rings (SSSR count). The fourth-order valence-electron chi connectivity index (χ4n) is 3.44. The van der Waals surface area contributed by atoms with Gasteiger partial charge in [-0.05, 0) is 43.5 Å². The van der Waals surface area contributed by atoms with E-state index < -0.39 is 11.9 Å². The Morgan fingerprint density at radius 3 is 2.90 bits per heavy atom. The van der Waals surface area contributed by atoms with Gasteiger partial charge in [-0.3, -0.25) is 9.59 Å². The van der Waals surface area contributed by atoms with E-state index in [4.69, 9.17) is 0 Å². The lowest BCUT2D eigenvalue weighted by Gasteiger charge is -2.26. The number of carboxylic acids is 1. The lowest BCUT2D eigenvalue weighted by molar-refractivity contribution is -0.142. The number of hydrogen-bond donors (Lipinski definition) is 2. The minimum Gasteiger partial charge on any atom is -0.481 e. The van der Waals surface area contributed by atoms with Crippen LogP contribution in [0.2, 0.25) is 0 Å². The van der Waals surface area contributed by atoms with Crippen LogP contribution < -0.4 is 5.32 Å². The van der Waals surface area contributed by atoms with Crippen LogP contribution in [0.4, 0.5) is 0 Å². The van der Waals surface area contributed by atoms with Crippen LogP contribution >= 0.6 is 0 Å². The Hall–Kier alpha value is -1.88. The van der Waals surface area contributed by atoms with Crippen molar-refractivity contribution in [3.8, 4) is 0 Å². The molecule has 2 aliphatic rings. The molecule has 0 saturated carbocycles. The van der Waals surface area contributed by atoms with Gasteiger partial charge in [0.25, 0.3) is 5.91 Å². The number of amides is 1. The van der Waals surface area contributed by atoms with Gasteiger partial charge >= 0.3 is 5.97 Å². The molecular formula is C16H20N2O3. The number of carbonyl (C=O) groups excluding carboxylic acids is 1. The molecule has 1 fully saturated rings. The van der Waals surface area contributed by atoms with Gasteiger partial charge < -0.3 is 15.3 Å². The van der Waals surface area contributed by atoms with Crippen LogP contribution in [0.15, 0.2) is 18.2 Å². The number of carboxylic acid groups (broad SMARTS) is 1. The maximum absolute atomic E-state index is 12.8. The van der Waals surface area contributed by atoms with Crippen molar-refractivity contribution in [2.24, 2.45) is 5.92 Å². The topological polar surface area (TPSA) is 69.6 Å². The standard InChI is InChI=1S/C16H20N2O3/c1-10-12(16(20)21)6-8-18(10)15(19)14-4-2-3-11-9-17-7-5-13(11)14/h2-4,10,12,17H,5-9H2,1H3,(H,20,21). The first kappa shape index (κ1) is 14.1. The van der Waals surface area contributed by atoms with Gasteiger partial charge in [0.2, 0.25) is 0 Å². The van der Waals surface area contributed by atoms with Crippen LogP contribution in [0.5, 0.6) is 0 Å². The molecule has 5 nitrogen and oxygen atoms in total. The molecule has 0 spiro atoms. The fraction of sp³-hybridized carbons (Fsp3) is 0.500. The van der Waals surface area contributed by atoms with Crippen molar-refractivity contribution in [1.29, 1.82) is 0 Å². The summed E-state index contributed by atoms with van der Waals surface area (Å²) in [5, 5.41) is 12.5. The molecule has 1 aromatic rings. The van der Waals surface area contributed by atoms with E-state index in [1.54, 1.807) is 4.90 Å². The van der Waals surface area contributed by atoms with Crippen LogP contribution in [0, 0.1) is 5.92 Å². The number of hydrogen-bond acceptors (Lipinski definition) is 3. The molecule has 2 atom stereocenters. The minimum absolute atomic E-state index is 0.0231. The summed E-state index contributed by atoms with van der Waals surface area (Å²) < 4.78 is 0. The monoisotopic (exact) mass is 288 g/mol. The Labute approximate surface area is 123 Å². The number of carbonyl (C=O) groups is 2. The summed E-state index contributed by atoms with van der Waals surface area (Å²) in [5.41, 5.74) is 3.04. The third-order valence-corrected chi connectivity index (χ3v) is 4.70. The second-order valence-electron chi connectivity index (χ2n) is 5.84. The van der Waals surface area contributed by atoms with E-state index in [-0.39, 0.29) is 11.9 Å². The van der Waals surface area contributed by atoms with E-state index in [1.807, 2.05) is 25.1 Å². The molecular weight excluding hydrogens is 268 g/mol. The first-order chi connectivity index (χ1) is 10.1. The highest BCUT2D eigenvalue weighted by Gasteiger charge is 2.38. The normalized spacial score (nSPS) is 24.7. The molecule has 21 heavy (non-hydrogen) atoms. The third kappa shape index (κ3) is 2.42. The molecule has 0 radical (unpaired) electrons. The fourth-order valence-corrected chi connectivity index (χ4v) is 3.44. The van der Waals surface area contributed by atoms with Gasteiger partial charge in [0.1, 0.15) is 0 Å². The predicted molar refractivity (Wildman–Crippen MR) is 78.1 cm³/mol. The summed E-state index contributed by atoms with van der Waals surface area (Å²) in [6, 6.07) is 5.58. The van der Waals surface area contributed by atoms with Crippen molar-refractivity contribution in [2.45, 2.75) is 32.4 Å². The molecule has 2 N–H and O–H groups in total. The van der Waals surface area contributed by atoms with E-state index in [1.165, 1.54) is 5.56 Å². The van der Waals surface area contributed by atoms with Crippen LogP contribution in [0.25, 0.3) is 0 Å². The minimum atomic E-state index is -0.808. The lowest BCUT2D eigenvalue weighted by Crippen LogP contribution is -2.38. The summed E-state index contributed by atoms with van der Waals surface area (Å²) in [5.74, 6) is -1.28. The molecule has 1 amide bonds. The van der Waals surface area contributed by atoms with Gasteiger partial charge in [0, 0.05) is 24.7 Å². The number of nitrogens with zero attached hydrogens (tertiary/aromatic N) is 1. The van der Waals surface area contributed by atoms with Crippen LogP contribution in [0.3, 0.4) is 0 Å². The van der Waals surface area contributed by atoms with Crippen LogP contribution in [-0.4, -0.2) is 41.0 Å². The highest BCUT2D eigenvalue weighted by atomic mass is 16.4. The van der Waals surface area contributed by atoms with Crippen LogP contribution in [-0.2, 0) is 17.8 Å². The van der Waals surface area contributed by atoms with E-state index in [0.717, 1.165) is 30.6 Å². The molecule has 2 unspecified atom stereocenters. The van der Waals surface area contributed by atoms with E-state index in [2.05, 4.69) is 5.32 Å². The van der Waals surface area contributed by atoms with Gasteiger partial charge in [0.15, 0.2) is 0 Å². The van der Waals surface area contributed by atoms with E-state index >= 15 is 0 Å². The summed E-state index contributed by atoms with van der Waals surface area (Å²) in [7, 11) is 0. The predicted octanol–water partition coefficient (Wildman–Crippen LogP) is 1.27. The smallest absolute Gasteiger partial charge is 0.308 e. The summed E-state index contributed by atoms with van der Waals surface area (Å²) >= 11 is 0. The van der Waals surface area contributed by atoms with Gasteiger partial charge in [-0.25, -0.2) is 0 Å². The average Bonchev–Trinajstić information content (AvgIpc) is 2.88. The highest BCUT2D eigenvalue weighted by molar-refractivity contribution is 5.97. The number of aliphatic carboxylic acids is 1. The molecule has 1 aromatic carbocycles. The summed E-state index contributed by atoms with van der Waals surface area (Å²) in [6.45, 7) is 4.04. The first-order valence-electron chi connectivity index (χ1n) is 7.45. The molecule has 2 heterocycles. The Kier molecular flexibility index (Phi) is 3.68. The largest absolute Gasteiger partial charge is 0.481 e. The third-order valence-electron chi connectivity index (χ3n) is 4.70. The molecule has 2 aliphatic heterocycles. The van der Waals surface area contributed by atoms with Crippen LogP contribution in [0.1, 0.15) is 34.8 Å². The number of rotatable bonds is 2. The number of nitrogens with one attached hydrogen (secondary N) is 1. The number of likely N-dealkylation sites (tertiary alicyclic amines) is 1. The van der Waals surface area contributed by atoms with Crippen molar-refractivity contribution < 1.29 is 14.7 Å². The molecule has 5 heteroatoms. The average molecular weight is 288 g/mol. The Balaban J connectivity index is 1.88. The first-order valence-corrected chi connectivity index (χ1v) is 7.45. The molecule has 1 saturated heterocycles. The zero-order chi connectivity index (χ0) is 15.0. The lowest BCUT2D eigenvalue weighted by atomic mass is 9.94. The van der Waals surface area contributed by atoms with E-state index in [0.29, 0.717) is 13.0 Å². The van der Waals surface area contributed by atoms with Crippen molar-refractivity contribution in [2.75, 3.05) is 13.1 Å². The van der Waals surface area contributed by atoms with Crippen molar-refractivity contribution in [1.82, 2.24) is 10.2 Å². The van der Waals surface area contributed by atoms with Crippen molar-refractivity contribution in [3.63, 3.8) is 0 Å². The number of fused-ring (bicyclic) bond motifs is 1. The highest BCUT2D eigenvalue weighted by Crippen LogP contribution is 2.28. The zero-order valence-electron chi connectivity index (χ0n) is 12.1. The SMILES string of the molecule is CC1C(C(=O)O)CCN1C(=O)c1cccc2c1CCNC2. The summed E-state index contributed by atoms with van der Waals surface area (Å²) in [6.07, 6.45) is 1.39. The Morgan fingerprint density at radius 1 is 1.38 bits per heavy atom. The maximum Gasteiger partial charge on any atom is 0.308 e. The summed E-state index contributed by atoms with van der Waals surface area (Å²) in [4.78, 5) is 25.7. The van der Waals surface area contributed by atoms with Gasteiger partial charge in [0.05, 0.1) is 5.92 Å². The molecule has 112 valence electrons. The van der Waals surface area contributed by atoms with Crippen molar-refractivity contribution >= 4 is 11.9 Å². The van der Waals surface area contributed by atoms with Gasteiger partial charge in [-0.2, -0.15) is 0 Å². The Bertz CT molecular complexity index is 585. The quantitative estimate of drug-likeness (QED) is 0.860. The Morgan fingerprint density at radius 2 is 2.19 bits per heavy atom.